The number of hydrogen-bond donors (Lipinski definition) is 0. The van der Waals surface area contributed by atoms with Crippen LogP contribution in [0.3, 0.4) is 0 Å². The number of rotatable bonds is 2. The van der Waals surface area contributed by atoms with Gasteiger partial charge in [-0.25, -0.2) is 4.79 Å². The Balaban J connectivity index is 1.47. The number of allylic oxidation sites excluding steroid dienone is 2. The van der Waals surface area contributed by atoms with Crippen LogP contribution in [0, 0.1) is 45.3 Å². The summed E-state index contributed by atoms with van der Waals surface area (Å²) >= 11 is 0. The molecule has 0 aromatic heterocycles. The maximum atomic E-state index is 12.8. The van der Waals surface area contributed by atoms with Crippen molar-refractivity contribution in [3.05, 3.63) is 23.3 Å². The lowest BCUT2D eigenvalue weighted by atomic mass is 9.41. The van der Waals surface area contributed by atoms with Crippen LogP contribution in [-0.4, -0.2) is 17.9 Å². The standard InChI is InChI=1S/C30H44O3/c1-18-8-10-23(33-26(18)32)19(2)20-12-16-30(7)22-9-11-24-27(3,4)25(31)14-15-28(24,5)21(22)13-17-29(20,30)6/h8,13,19-20,22-24H,9-12,14-17H2,1-7H3. The summed E-state index contributed by atoms with van der Waals surface area (Å²) in [7, 11) is 0. The highest BCUT2D eigenvalue weighted by molar-refractivity contribution is 5.88. The number of cyclic esters (lactones) is 1. The molecule has 0 bridgehead atoms. The van der Waals surface area contributed by atoms with E-state index in [2.05, 4.69) is 53.7 Å². The summed E-state index contributed by atoms with van der Waals surface area (Å²) in [6.45, 7) is 16.2. The number of carbonyl (C=O) groups excluding carboxylic acids is 2. The van der Waals surface area contributed by atoms with Gasteiger partial charge in [-0.2, -0.15) is 0 Å². The Labute approximate surface area is 200 Å². The van der Waals surface area contributed by atoms with Gasteiger partial charge in [-0.1, -0.05) is 59.3 Å². The highest BCUT2D eigenvalue weighted by Gasteiger charge is 2.65. The maximum absolute atomic E-state index is 12.8. The monoisotopic (exact) mass is 452 g/mol. The molecule has 0 amide bonds. The van der Waals surface area contributed by atoms with E-state index in [4.69, 9.17) is 4.74 Å². The fourth-order valence-electron chi connectivity index (χ4n) is 9.65. The molecule has 5 aliphatic rings. The SMILES string of the molecule is CC1=CCC(C(C)C2CCC3(C)C4CCC5C(C)(C)C(=O)CCC5(C)C4=CCC23C)OC1=O. The molecule has 8 unspecified atom stereocenters. The molecule has 3 nitrogen and oxygen atoms in total. The molecular formula is C30H44O3. The van der Waals surface area contributed by atoms with Crippen LogP contribution in [0.2, 0.25) is 0 Å². The minimum Gasteiger partial charge on any atom is -0.458 e. The molecule has 8 atom stereocenters. The van der Waals surface area contributed by atoms with Crippen LogP contribution in [0.5, 0.6) is 0 Å². The second kappa shape index (κ2) is 7.31. The summed E-state index contributed by atoms with van der Waals surface area (Å²) in [5.74, 6) is 2.37. The fourth-order valence-corrected chi connectivity index (χ4v) is 9.65. The van der Waals surface area contributed by atoms with E-state index in [9.17, 15) is 9.59 Å². The highest BCUT2D eigenvalue weighted by Crippen LogP contribution is 2.73. The molecule has 4 aliphatic carbocycles. The Bertz CT molecular complexity index is 940. The van der Waals surface area contributed by atoms with E-state index in [1.54, 1.807) is 5.57 Å². The zero-order valence-electron chi connectivity index (χ0n) is 21.9. The van der Waals surface area contributed by atoms with Gasteiger partial charge in [0.2, 0.25) is 0 Å². The first-order valence-electron chi connectivity index (χ1n) is 13.5. The molecule has 3 saturated carbocycles. The summed E-state index contributed by atoms with van der Waals surface area (Å²) in [6, 6.07) is 0. The van der Waals surface area contributed by atoms with Crippen LogP contribution in [0.1, 0.15) is 99.8 Å². The third kappa shape index (κ3) is 2.99. The van der Waals surface area contributed by atoms with E-state index in [1.807, 2.05) is 6.92 Å². The Morgan fingerprint density at radius 2 is 1.70 bits per heavy atom. The number of ether oxygens (including phenoxy) is 1. The fraction of sp³-hybridized carbons (Fsp3) is 0.800. The summed E-state index contributed by atoms with van der Waals surface area (Å²) in [5, 5.41) is 0. The molecule has 3 heteroatoms. The summed E-state index contributed by atoms with van der Waals surface area (Å²) in [4.78, 5) is 25.1. The van der Waals surface area contributed by atoms with Crippen LogP contribution < -0.4 is 0 Å². The quantitative estimate of drug-likeness (QED) is 0.333. The zero-order valence-corrected chi connectivity index (χ0v) is 21.9. The van der Waals surface area contributed by atoms with Crippen molar-refractivity contribution in [1.82, 2.24) is 0 Å². The maximum Gasteiger partial charge on any atom is 0.333 e. The van der Waals surface area contributed by atoms with Gasteiger partial charge < -0.3 is 4.74 Å². The predicted molar refractivity (Wildman–Crippen MR) is 131 cm³/mol. The van der Waals surface area contributed by atoms with Crippen LogP contribution in [0.4, 0.5) is 0 Å². The number of esters is 1. The molecule has 5 rings (SSSR count). The Kier molecular flexibility index (Phi) is 5.18. The summed E-state index contributed by atoms with van der Waals surface area (Å²) in [6.07, 6.45) is 13.3. The van der Waals surface area contributed by atoms with E-state index < -0.39 is 0 Å². The number of fused-ring (bicyclic) bond motifs is 5. The van der Waals surface area contributed by atoms with Crippen LogP contribution in [-0.2, 0) is 14.3 Å². The molecule has 0 saturated heterocycles. The average Bonchev–Trinajstić information content (AvgIpc) is 3.04. The van der Waals surface area contributed by atoms with E-state index in [1.165, 1.54) is 25.7 Å². The minimum atomic E-state index is -0.205. The Hall–Kier alpha value is -1.38. The lowest BCUT2D eigenvalue weighted by Gasteiger charge is -2.63. The van der Waals surface area contributed by atoms with E-state index in [0.29, 0.717) is 29.5 Å². The molecule has 3 fully saturated rings. The van der Waals surface area contributed by atoms with Crippen molar-refractivity contribution < 1.29 is 14.3 Å². The Morgan fingerprint density at radius 1 is 0.970 bits per heavy atom. The molecule has 33 heavy (non-hydrogen) atoms. The number of Topliss-reactive ketones (excluding diaryl/α,β-unsaturated/α-hetero) is 1. The van der Waals surface area contributed by atoms with Crippen LogP contribution >= 0.6 is 0 Å². The lowest BCUT2D eigenvalue weighted by molar-refractivity contribution is -0.151. The van der Waals surface area contributed by atoms with E-state index >= 15 is 0 Å². The van der Waals surface area contributed by atoms with Crippen molar-refractivity contribution in [2.24, 2.45) is 45.3 Å². The van der Waals surface area contributed by atoms with Crippen molar-refractivity contribution in [1.29, 1.82) is 0 Å². The third-order valence-corrected chi connectivity index (χ3v) is 12.1. The molecule has 0 radical (unpaired) electrons. The second-order valence-corrected chi connectivity index (χ2v) is 13.5. The van der Waals surface area contributed by atoms with Gasteiger partial charge in [0.25, 0.3) is 0 Å². The van der Waals surface area contributed by atoms with Gasteiger partial charge in [0.1, 0.15) is 11.9 Å². The molecule has 0 spiro atoms. The van der Waals surface area contributed by atoms with Gasteiger partial charge >= 0.3 is 5.97 Å². The number of ketones is 1. The molecule has 1 aliphatic heterocycles. The van der Waals surface area contributed by atoms with Crippen molar-refractivity contribution in [3.8, 4) is 0 Å². The average molecular weight is 453 g/mol. The van der Waals surface area contributed by atoms with Gasteiger partial charge in [0.05, 0.1) is 0 Å². The van der Waals surface area contributed by atoms with Gasteiger partial charge in [0, 0.05) is 23.8 Å². The van der Waals surface area contributed by atoms with Gasteiger partial charge in [-0.15, -0.1) is 0 Å². The number of hydrogen-bond acceptors (Lipinski definition) is 3. The van der Waals surface area contributed by atoms with Gasteiger partial charge in [-0.05, 0) is 85.4 Å². The van der Waals surface area contributed by atoms with E-state index in [0.717, 1.165) is 31.3 Å². The summed E-state index contributed by atoms with van der Waals surface area (Å²) in [5.41, 5.74) is 2.91. The van der Waals surface area contributed by atoms with Crippen LogP contribution in [0.15, 0.2) is 23.3 Å². The first-order valence-corrected chi connectivity index (χ1v) is 13.5. The first kappa shape index (κ1) is 23.4. The van der Waals surface area contributed by atoms with Crippen molar-refractivity contribution in [2.75, 3.05) is 0 Å². The topological polar surface area (TPSA) is 43.4 Å². The molecule has 0 N–H and O–H groups in total. The van der Waals surface area contributed by atoms with E-state index in [-0.39, 0.29) is 33.7 Å². The smallest absolute Gasteiger partial charge is 0.333 e. The first-order chi connectivity index (χ1) is 15.4. The third-order valence-electron chi connectivity index (χ3n) is 12.1. The van der Waals surface area contributed by atoms with Gasteiger partial charge in [0.15, 0.2) is 0 Å². The van der Waals surface area contributed by atoms with Crippen molar-refractivity contribution >= 4 is 11.8 Å². The molecule has 1 heterocycles. The minimum absolute atomic E-state index is 0.00848. The lowest BCUT2D eigenvalue weighted by Crippen LogP contribution is -2.57. The largest absolute Gasteiger partial charge is 0.458 e. The normalized spacial score (nSPS) is 47.5. The van der Waals surface area contributed by atoms with Crippen molar-refractivity contribution in [2.45, 2.75) is 106 Å². The molecule has 182 valence electrons. The molecule has 0 aromatic carbocycles. The molecular weight excluding hydrogens is 408 g/mol. The van der Waals surface area contributed by atoms with Crippen LogP contribution in [0.25, 0.3) is 0 Å². The van der Waals surface area contributed by atoms with Crippen molar-refractivity contribution in [3.63, 3.8) is 0 Å². The van der Waals surface area contributed by atoms with Gasteiger partial charge in [-0.3, -0.25) is 4.79 Å². The molecule has 0 aromatic rings. The zero-order chi connectivity index (χ0) is 24.0. The highest BCUT2D eigenvalue weighted by atomic mass is 16.5. The number of carbonyl (C=O) groups is 2. The predicted octanol–water partition coefficient (Wildman–Crippen LogP) is 7.06. The second-order valence-electron chi connectivity index (χ2n) is 13.5. The Morgan fingerprint density at radius 3 is 2.39 bits per heavy atom. The summed E-state index contributed by atoms with van der Waals surface area (Å²) < 4.78 is 5.90.